The minimum atomic E-state index is 0.0119. The first-order valence-corrected chi connectivity index (χ1v) is 9.28. The highest BCUT2D eigenvalue weighted by atomic mass is 79.9. The fourth-order valence-corrected chi connectivity index (χ4v) is 3.75. The minimum absolute atomic E-state index is 0.0119. The van der Waals surface area contributed by atoms with Crippen molar-refractivity contribution in [2.24, 2.45) is 11.0 Å². The molecule has 124 valence electrons. The molecule has 0 aliphatic carbocycles. The van der Waals surface area contributed by atoms with E-state index in [1.807, 2.05) is 6.07 Å². The van der Waals surface area contributed by atoms with E-state index in [4.69, 9.17) is 9.84 Å². The van der Waals surface area contributed by atoms with Gasteiger partial charge in [0.25, 0.3) is 0 Å². The van der Waals surface area contributed by atoms with E-state index in [1.165, 1.54) is 11.1 Å². The molecule has 2 aromatic carbocycles. The van der Waals surface area contributed by atoms with Crippen LogP contribution in [-0.4, -0.2) is 16.9 Å². The molecule has 2 aromatic rings. The molecular formula is C20H21BrN2O. The fourth-order valence-electron chi connectivity index (χ4n) is 3.49. The van der Waals surface area contributed by atoms with E-state index >= 15 is 0 Å². The molecule has 0 spiro atoms. The zero-order valence-corrected chi connectivity index (χ0v) is 15.5. The summed E-state index contributed by atoms with van der Waals surface area (Å²) in [4.78, 5) is 0. The van der Waals surface area contributed by atoms with Gasteiger partial charge in [0.15, 0.2) is 6.23 Å². The van der Waals surface area contributed by atoms with E-state index < -0.39 is 0 Å². The van der Waals surface area contributed by atoms with Gasteiger partial charge in [-0.25, -0.2) is 0 Å². The Hall–Kier alpha value is -1.81. The van der Waals surface area contributed by atoms with Crippen molar-refractivity contribution < 1.29 is 4.74 Å². The maximum Gasteiger partial charge on any atom is 0.188 e. The Morgan fingerprint density at radius 3 is 2.67 bits per heavy atom. The molecule has 3 nitrogen and oxygen atoms in total. The van der Waals surface area contributed by atoms with Gasteiger partial charge < -0.3 is 4.74 Å². The largest absolute Gasteiger partial charge is 0.469 e. The van der Waals surface area contributed by atoms with E-state index in [1.54, 1.807) is 0 Å². The predicted molar refractivity (Wildman–Crippen MR) is 100 cm³/mol. The molecule has 0 radical (unpaired) electrons. The molecule has 0 saturated carbocycles. The summed E-state index contributed by atoms with van der Waals surface area (Å²) in [5.41, 5.74) is 3.57. The Kier molecular flexibility index (Phi) is 4.09. The van der Waals surface area contributed by atoms with Crippen LogP contribution in [0.3, 0.4) is 0 Å². The van der Waals surface area contributed by atoms with Crippen molar-refractivity contribution in [2.45, 2.75) is 39.0 Å². The first kappa shape index (κ1) is 15.7. The molecule has 2 atom stereocenters. The minimum Gasteiger partial charge on any atom is -0.469 e. The zero-order valence-electron chi connectivity index (χ0n) is 13.9. The number of hydrogen-bond acceptors (Lipinski definition) is 3. The van der Waals surface area contributed by atoms with Gasteiger partial charge in [-0.15, -0.1) is 0 Å². The summed E-state index contributed by atoms with van der Waals surface area (Å²) in [6.07, 6.45) is 1.91. The first-order valence-electron chi connectivity index (χ1n) is 8.49. The van der Waals surface area contributed by atoms with Crippen LogP contribution in [0.4, 0.5) is 0 Å². The second-order valence-corrected chi connectivity index (χ2v) is 7.81. The average molecular weight is 385 g/mol. The third kappa shape index (κ3) is 2.84. The van der Waals surface area contributed by atoms with Crippen LogP contribution < -0.4 is 4.74 Å². The third-order valence-electron chi connectivity index (χ3n) is 4.63. The van der Waals surface area contributed by atoms with Crippen molar-refractivity contribution in [3.05, 3.63) is 64.1 Å². The average Bonchev–Trinajstić information content (AvgIpc) is 3.01. The monoisotopic (exact) mass is 384 g/mol. The van der Waals surface area contributed by atoms with E-state index in [0.29, 0.717) is 5.92 Å². The molecule has 0 bridgehead atoms. The fraction of sp³-hybridized carbons (Fsp3) is 0.350. The highest BCUT2D eigenvalue weighted by Crippen LogP contribution is 2.44. The summed E-state index contributed by atoms with van der Waals surface area (Å²) < 4.78 is 7.36. The van der Waals surface area contributed by atoms with Gasteiger partial charge >= 0.3 is 0 Å². The number of halogens is 1. The van der Waals surface area contributed by atoms with Crippen molar-refractivity contribution in [1.82, 2.24) is 5.01 Å². The number of para-hydroxylation sites is 1. The molecule has 0 unspecified atom stereocenters. The molecule has 0 aromatic heterocycles. The molecule has 2 aliphatic rings. The van der Waals surface area contributed by atoms with Gasteiger partial charge in [-0.1, -0.05) is 60.1 Å². The summed E-state index contributed by atoms with van der Waals surface area (Å²) in [5.74, 6) is 1.57. The lowest BCUT2D eigenvalue weighted by Gasteiger charge is -2.38. The molecule has 0 amide bonds. The second kappa shape index (κ2) is 6.25. The summed E-state index contributed by atoms with van der Waals surface area (Å²) in [6, 6.07) is 17.1. The van der Waals surface area contributed by atoms with Crippen molar-refractivity contribution in [1.29, 1.82) is 0 Å². The van der Waals surface area contributed by atoms with Crippen LogP contribution in [0, 0.1) is 5.92 Å². The topological polar surface area (TPSA) is 24.8 Å². The molecule has 2 aliphatic heterocycles. The van der Waals surface area contributed by atoms with Crippen LogP contribution in [0.5, 0.6) is 5.75 Å². The molecule has 4 heteroatoms. The Bertz CT molecular complexity index is 769. The number of benzene rings is 2. The van der Waals surface area contributed by atoms with Crippen molar-refractivity contribution in [3.63, 3.8) is 0 Å². The molecular weight excluding hydrogens is 364 g/mol. The van der Waals surface area contributed by atoms with Gasteiger partial charge in [0.05, 0.1) is 11.8 Å². The van der Waals surface area contributed by atoms with Gasteiger partial charge in [-0.2, -0.15) is 5.10 Å². The van der Waals surface area contributed by atoms with Gasteiger partial charge in [0.1, 0.15) is 5.75 Å². The van der Waals surface area contributed by atoms with E-state index in [0.717, 1.165) is 28.8 Å². The molecule has 24 heavy (non-hydrogen) atoms. The normalized spacial score (nSPS) is 22.0. The van der Waals surface area contributed by atoms with Crippen molar-refractivity contribution in [3.8, 4) is 5.75 Å². The van der Waals surface area contributed by atoms with Crippen LogP contribution in [0.2, 0.25) is 0 Å². The van der Waals surface area contributed by atoms with Crippen LogP contribution in [0.15, 0.2) is 58.1 Å². The van der Waals surface area contributed by atoms with Gasteiger partial charge in [-0.05, 0) is 29.7 Å². The number of nitrogens with zero attached hydrogens (tertiary/aromatic N) is 2. The summed E-state index contributed by atoms with van der Waals surface area (Å²) in [5, 5.41) is 7.13. The predicted octanol–water partition coefficient (Wildman–Crippen LogP) is 5.36. The van der Waals surface area contributed by atoms with Gasteiger partial charge in [-0.3, -0.25) is 5.01 Å². The van der Waals surface area contributed by atoms with Crippen LogP contribution >= 0.6 is 15.9 Å². The first-order chi connectivity index (χ1) is 11.6. The summed E-state index contributed by atoms with van der Waals surface area (Å²) >= 11 is 3.50. The summed E-state index contributed by atoms with van der Waals surface area (Å²) in [6.45, 7) is 4.46. The Morgan fingerprint density at radius 1 is 1.17 bits per heavy atom. The van der Waals surface area contributed by atoms with Gasteiger partial charge in [0.2, 0.25) is 0 Å². The van der Waals surface area contributed by atoms with E-state index in [9.17, 15) is 0 Å². The lowest BCUT2D eigenvalue weighted by molar-refractivity contribution is -0.0291. The number of fused-ring (bicyclic) bond motifs is 3. The van der Waals surface area contributed by atoms with Crippen LogP contribution in [-0.2, 0) is 0 Å². The smallest absolute Gasteiger partial charge is 0.188 e. The van der Waals surface area contributed by atoms with Crippen LogP contribution in [0.25, 0.3) is 0 Å². The highest BCUT2D eigenvalue weighted by Gasteiger charge is 2.40. The molecule has 2 heterocycles. The Labute approximate surface area is 151 Å². The van der Waals surface area contributed by atoms with Crippen LogP contribution in [0.1, 0.15) is 43.9 Å². The zero-order chi connectivity index (χ0) is 16.7. The molecule has 0 N–H and O–H groups in total. The van der Waals surface area contributed by atoms with Crippen molar-refractivity contribution >= 4 is 21.6 Å². The molecule has 0 fully saturated rings. The summed E-state index contributed by atoms with van der Waals surface area (Å²) in [7, 11) is 0. The Balaban J connectivity index is 1.70. The van der Waals surface area contributed by atoms with Crippen molar-refractivity contribution in [2.75, 3.05) is 0 Å². The standard InChI is InChI=1S/C20H21BrN2O/c1-13(2)11-20-23-18(16-5-3-4-6-19(16)24-20)12-17(22-23)14-7-9-15(21)10-8-14/h3-10,13,18,20H,11-12H2,1-2H3/t18-,20-/m0/s1. The highest BCUT2D eigenvalue weighted by molar-refractivity contribution is 9.10. The van der Waals surface area contributed by atoms with E-state index in [-0.39, 0.29) is 12.3 Å². The number of hydrogen-bond donors (Lipinski definition) is 0. The lowest BCUT2D eigenvalue weighted by Crippen LogP contribution is -2.41. The molecule has 0 saturated heterocycles. The quantitative estimate of drug-likeness (QED) is 0.710. The SMILES string of the molecule is CC(C)C[C@@H]1Oc2ccccc2[C@@H]2CC(c3ccc(Br)cc3)=NN12. The maximum atomic E-state index is 6.27. The Morgan fingerprint density at radius 2 is 1.92 bits per heavy atom. The number of ether oxygens (including phenoxy) is 1. The maximum absolute atomic E-state index is 6.27. The van der Waals surface area contributed by atoms with Gasteiger partial charge in [0, 0.05) is 22.9 Å². The third-order valence-corrected chi connectivity index (χ3v) is 5.16. The second-order valence-electron chi connectivity index (χ2n) is 6.89. The number of rotatable bonds is 3. The lowest BCUT2D eigenvalue weighted by atomic mass is 9.96. The molecule has 4 rings (SSSR count). The van der Waals surface area contributed by atoms with E-state index in [2.05, 4.69) is 77.3 Å². The number of hydrazone groups is 1.